The van der Waals surface area contributed by atoms with Gasteiger partial charge in [0.25, 0.3) is 0 Å². The zero-order valence-corrected chi connectivity index (χ0v) is 23.1. The second-order valence-electron chi connectivity index (χ2n) is 8.78. The Kier molecular flexibility index (Phi) is 24.5. The average Bonchev–Trinajstić information content (AvgIpc) is 2.86. The van der Waals surface area contributed by atoms with E-state index in [9.17, 15) is 19.4 Å². The van der Waals surface area contributed by atoms with Gasteiger partial charge in [-0.25, -0.2) is 4.57 Å². The first-order valence-corrected chi connectivity index (χ1v) is 15.0. The number of phosphoric ester groups is 1. The number of rotatable bonds is 25. The lowest BCUT2D eigenvalue weighted by molar-refractivity contribution is -0.146. The molecule has 210 valence electrons. The van der Waals surface area contributed by atoms with E-state index < -0.39 is 26.5 Å². The van der Waals surface area contributed by atoms with Gasteiger partial charge in [0, 0.05) is 6.54 Å². The van der Waals surface area contributed by atoms with E-state index in [1.165, 1.54) is 64.2 Å². The number of unbranched alkanes of at least 4 members (excludes halogenated alkanes) is 10. The lowest BCUT2D eigenvalue weighted by Gasteiger charge is -2.14. The molecule has 0 saturated heterocycles. The standard InChI is InChI=1S/C27H50NO7P/c1-2-3-4-5-6-7-8-9-10-11-12-13-14-15-16-17-18-19-20-21-27(30)33-24-26(29)25-35-36(31,32)34-23-22-28/h13-14,16-17,19-20,26,29H,2-12,15,18,21-25,28H2,1H3,(H,31,32)/t26-/m1/s1. The molecular formula is C27H50NO7P. The number of esters is 1. The van der Waals surface area contributed by atoms with Gasteiger partial charge in [-0.15, -0.1) is 0 Å². The van der Waals surface area contributed by atoms with E-state index in [1.807, 2.05) is 12.2 Å². The molecule has 0 saturated carbocycles. The van der Waals surface area contributed by atoms with Gasteiger partial charge in [-0.2, -0.15) is 0 Å². The number of ether oxygens (including phenoxy) is 1. The number of hydrogen-bond donors (Lipinski definition) is 3. The molecule has 2 atom stereocenters. The van der Waals surface area contributed by atoms with Crippen LogP contribution in [0.5, 0.6) is 0 Å². The van der Waals surface area contributed by atoms with Gasteiger partial charge in [-0.1, -0.05) is 101 Å². The summed E-state index contributed by atoms with van der Waals surface area (Å²) < 4.78 is 25.5. The molecule has 0 aliphatic rings. The van der Waals surface area contributed by atoms with Crippen molar-refractivity contribution in [2.75, 3.05) is 26.4 Å². The maximum atomic E-state index is 11.7. The Morgan fingerprint density at radius 3 is 2.00 bits per heavy atom. The molecule has 0 aromatic carbocycles. The second-order valence-corrected chi connectivity index (χ2v) is 10.2. The van der Waals surface area contributed by atoms with Crippen LogP contribution in [0.2, 0.25) is 0 Å². The molecule has 36 heavy (non-hydrogen) atoms. The summed E-state index contributed by atoms with van der Waals surface area (Å²) in [6.07, 6.45) is 27.4. The van der Waals surface area contributed by atoms with Crippen LogP contribution in [0.1, 0.15) is 96.8 Å². The second kappa shape index (κ2) is 25.4. The Hall–Kier alpha value is -1.28. The van der Waals surface area contributed by atoms with E-state index in [0.29, 0.717) is 0 Å². The van der Waals surface area contributed by atoms with Gasteiger partial charge >= 0.3 is 13.8 Å². The van der Waals surface area contributed by atoms with Crippen molar-refractivity contribution in [1.29, 1.82) is 0 Å². The molecule has 8 nitrogen and oxygen atoms in total. The van der Waals surface area contributed by atoms with Crippen LogP contribution in [0.15, 0.2) is 36.5 Å². The third-order valence-electron chi connectivity index (χ3n) is 5.29. The van der Waals surface area contributed by atoms with E-state index in [2.05, 4.69) is 34.2 Å². The van der Waals surface area contributed by atoms with Gasteiger partial charge in [-0.05, 0) is 25.7 Å². The van der Waals surface area contributed by atoms with Crippen LogP contribution in [0, 0.1) is 0 Å². The van der Waals surface area contributed by atoms with Crippen molar-refractivity contribution in [2.45, 2.75) is 103 Å². The molecule has 0 aliphatic carbocycles. The Balaban J connectivity index is 3.61. The minimum atomic E-state index is -4.26. The highest BCUT2D eigenvalue weighted by molar-refractivity contribution is 7.47. The molecule has 9 heteroatoms. The van der Waals surface area contributed by atoms with Gasteiger partial charge in [-0.3, -0.25) is 13.8 Å². The number of phosphoric acid groups is 1. The first-order chi connectivity index (χ1) is 17.4. The van der Waals surface area contributed by atoms with Gasteiger partial charge < -0.3 is 20.5 Å². The number of nitrogens with two attached hydrogens (primary N) is 1. The molecule has 0 spiro atoms. The topological polar surface area (TPSA) is 128 Å². The molecular weight excluding hydrogens is 481 g/mol. The van der Waals surface area contributed by atoms with Crippen molar-refractivity contribution in [3.05, 3.63) is 36.5 Å². The average molecular weight is 532 g/mol. The van der Waals surface area contributed by atoms with E-state index >= 15 is 0 Å². The molecule has 1 unspecified atom stereocenters. The van der Waals surface area contributed by atoms with E-state index in [1.54, 1.807) is 6.08 Å². The fourth-order valence-corrected chi connectivity index (χ4v) is 4.04. The predicted molar refractivity (Wildman–Crippen MR) is 145 cm³/mol. The highest BCUT2D eigenvalue weighted by Crippen LogP contribution is 2.42. The van der Waals surface area contributed by atoms with Crippen molar-refractivity contribution in [3.8, 4) is 0 Å². The number of aliphatic hydroxyl groups is 1. The fraction of sp³-hybridized carbons (Fsp3) is 0.741. The van der Waals surface area contributed by atoms with E-state index in [4.69, 9.17) is 10.5 Å². The van der Waals surface area contributed by atoms with Crippen LogP contribution in [-0.4, -0.2) is 48.4 Å². The Morgan fingerprint density at radius 2 is 1.39 bits per heavy atom. The lowest BCUT2D eigenvalue weighted by Crippen LogP contribution is -2.23. The van der Waals surface area contributed by atoms with Crippen molar-refractivity contribution in [2.24, 2.45) is 5.73 Å². The van der Waals surface area contributed by atoms with Crippen LogP contribution in [0.3, 0.4) is 0 Å². The minimum absolute atomic E-state index is 0.0634. The molecule has 4 N–H and O–H groups in total. The molecule has 0 bridgehead atoms. The highest BCUT2D eigenvalue weighted by atomic mass is 31.2. The predicted octanol–water partition coefficient (Wildman–Crippen LogP) is 6.13. The molecule has 0 aromatic heterocycles. The zero-order valence-electron chi connectivity index (χ0n) is 22.2. The number of aliphatic hydroxyl groups excluding tert-OH is 1. The number of hydrogen-bond acceptors (Lipinski definition) is 7. The lowest BCUT2D eigenvalue weighted by atomic mass is 10.1. The largest absolute Gasteiger partial charge is 0.472 e. The monoisotopic (exact) mass is 531 g/mol. The summed E-state index contributed by atoms with van der Waals surface area (Å²) in [5.41, 5.74) is 5.17. The summed E-state index contributed by atoms with van der Waals surface area (Å²) in [7, 11) is -4.26. The Morgan fingerprint density at radius 1 is 0.833 bits per heavy atom. The zero-order chi connectivity index (χ0) is 26.7. The fourth-order valence-electron chi connectivity index (χ4n) is 3.27. The number of carbonyl (C=O) groups excluding carboxylic acids is 1. The first-order valence-electron chi connectivity index (χ1n) is 13.5. The van der Waals surface area contributed by atoms with Gasteiger partial charge in [0.05, 0.1) is 19.6 Å². The Bertz CT molecular complexity index is 652. The van der Waals surface area contributed by atoms with Crippen LogP contribution < -0.4 is 5.73 Å². The summed E-state index contributed by atoms with van der Waals surface area (Å²) in [5.74, 6) is -0.504. The molecule has 0 aromatic rings. The van der Waals surface area contributed by atoms with E-state index in [-0.39, 0.29) is 26.2 Å². The quantitative estimate of drug-likeness (QED) is 0.0555. The minimum Gasteiger partial charge on any atom is -0.463 e. The molecule has 0 amide bonds. The maximum Gasteiger partial charge on any atom is 0.472 e. The summed E-state index contributed by atoms with van der Waals surface area (Å²) in [5, 5.41) is 9.67. The van der Waals surface area contributed by atoms with Crippen molar-refractivity contribution in [1.82, 2.24) is 0 Å². The third-order valence-corrected chi connectivity index (χ3v) is 6.28. The van der Waals surface area contributed by atoms with Crippen molar-refractivity contribution in [3.63, 3.8) is 0 Å². The smallest absolute Gasteiger partial charge is 0.463 e. The first kappa shape index (κ1) is 34.7. The Labute approximate surface area is 218 Å². The van der Waals surface area contributed by atoms with Crippen molar-refractivity contribution < 1.29 is 33.1 Å². The van der Waals surface area contributed by atoms with Crippen LogP contribution >= 0.6 is 7.82 Å². The molecule has 0 fully saturated rings. The van der Waals surface area contributed by atoms with Gasteiger partial charge in [0.15, 0.2) is 0 Å². The highest BCUT2D eigenvalue weighted by Gasteiger charge is 2.22. The molecule has 0 heterocycles. The maximum absolute atomic E-state index is 11.7. The summed E-state index contributed by atoms with van der Waals surface area (Å²) in [4.78, 5) is 21.0. The van der Waals surface area contributed by atoms with Crippen LogP contribution in [-0.2, 0) is 23.1 Å². The number of allylic oxidation sites excluding steroid dienone is 5. The number of carbonyl (C=O) groups is 1. The van der Waals surface area contributed by atoms with Crippen molar-refractivity contribution >= 4 is 13.8 Å². The summed E-state index contributed by atoms with van der Waals surface area (Å²) >= 11 is 0. The van der Waals surface area contributed by atoms with E-state index in [0.717, 1.165) is 19.3 Å². The van der Waals surface area contributed by atoms with Crippen LogP contribution in [0.4, 0.5) is 0 Å². The summed E-state index contributed by atoms with van der Waals surface area (Å²) in [6, 6.07) is 0. The molecule has 0 rings (SSSR count). The van der Waals surface area contributed by atoms with Crippen LogP contribution in [0.25, 0.3) is 0 Å². The van der Waals surface area contributed by atoms with Gasteiger partial charge in [0.2, 0.25) is 0 Å². The third kappa shape index (κ3) is 25.8. The molecule has 0 radical (unpaired) electrons. The normalized spacial score (nSPS) is 14.7. The SMILES string of the molecule is CCCCCCCCCCCCC=CCC=CCC=CCC(=O)OC[C@@H](O)COP(=O)(O)OCCN. The van der Waals surface area contributed by atoms with Gasteiger partial charge in [0.1, 0.15) is 12.7 Å². The molecule has 0 aliphatic heterocycles. The summed E-state index contributed by atoms with van der Waals surface area (Å²) in [6.45, 7) is 1.34.